The molecule has 248 valence electrons. The molecule has 1 saturated carbocycles. The van der Waals surface area contributed by atoms with E-state index in [0.29, 0.717) is 51.2 Å². The Morgan fingerprint density at radius 1 is 1.08 bits per heavy atom. The van der Waals surface area contributed by atoms with Crippen molar-refractivity contribution >= 4 is 56.6 Å². The first kappa shape index (κ1) is 32.4. The number of amides is 1. The van der Waals surface area contributed by atoms with Gasteiger partial charge in [0, 0.05) is 47.0 Å². The normalized spacial score (nSPS) is 19.9. The minimum atomic E-state index is -1.05. The number of benzene rings is 3. The molecule has 1 aliphatic carbocycles. The number of likely N-dealkylation sites (tertiary alicyclic amines) is 1. The van der Waals surface area contributed by atoms with Crippen LogP contribution in [0, 0.1) is 11.3 Å². The van der Waals surface area contributed by atoms with Crippen LogP contribution in [0.3, 0.4) is 0 Å². The number of rotatable bonds is 9. The molecule has 2 aliphatic heterocycles. The van der Waals surface area contributed by atoms with E-state index < -0.39 is 17.8 Å². The molecule has 3 heterocycles. The SMILES string of the molecule is C=C(F)C(=O)N1CCN(c2nc(OC[C@@H]3CCCN3C)nc3c(OC4CC4)c(-c4cccc5cccc(Cl)c45)c(Cl)cc23)C[C@@H]1CC#N. The average molecular weight is 690 g/mol. The maximum atomic E-state index is 14.0. The molecule has 12 heteroatoms. The number of hydrogen-bond donors (Lipinski definition) is 0. The zero-order chi connectivity index (χ0) is 33.5. The van der Waals surface area contributed by atoms with E-state index in [4.69, 9.17) is 42.6 Å². The van der Waals surface area contributed by atoms with Gasteiger partial charge in [-0.15, -0.1) is 0 Å². The van der Waals surface area contributed by atoms with Crippen LogP contribution >= 0.6 is 23.2 Å². The summed E-state index contributed by atoms with van der Waals surface area (Å²) in [6, 6.07) is 15.6. The number of fused-ring (bicyclic) bond motifs is 2. The first-order chi connectivity index (χ1) is 23.2. The molecule has 0 bridgehead atoms. The number of anilines is 1. The average Bonchev–Trinajstić information content (AvgIpc) is 3.80. The van der Waals surface area contributed by atoms with Gasteiger partial charge in [-0.05, 0) is 62.4 Å². The molecule has 7 rings (SSSR count). The third kappa shape index (κ3) is 6.23. The van der Waals surface area contributed by atoms with E-state index in [1.807, 2.05) is 47.4 Å². The van der Waals surface area contributed by atoms with Gasteiger partial charge in [0.2, 0.25) is 0 Å². The van der Waals surface area contributed by atoms with Crippen molar-refractivity contribution in [3.05, 3.63) is 64.9 Å². The van der Waals surface area contributed by atoms with E-state index in [9.17, 15) is 14.4 Å². The van der Waals surface area contributed by atoms with Crippen molar-refractivity contribution in [3.63, 3.8) is 0 Å². The summed E-state index contributed by atoms with van der Waals surface area (Å²) in [4.78, 5) is 28.2. The number of piperazine rings is 1. The molecule has 1 aromatic heterocycles. The number of ether oxygens (including phenoxy) is 2. The summed E-state index contributed by atoms with van der Waals surface area (Å²) >= 11 is 14.0. The number of halogens is 3. The number of likely N-dealkylation sites (N-methyl/N-ethyl adjacent to an activating group) is 1. The highest BCUT2D eigenvalue weighted by Crippen LogP contribution is 2.49. The number of nitriles is 1. The van der Waals surface area contributed by atoms with Crippen LogP contribution in [0.2, 0.25) is 10.0 Å². The quantitative estimate of drug-likeness (QED) is 0.171. The molecular formula is C36H35Cl2FN6O3. The molecule has 0 unspecified atom stereocenters. The number of carbonyl (C=O) groups excluding carboxylic acids is 1. The van der Waals surface area contributed by atoms with Gasteiger partial charge >= 0.3 is 6.01 Å². The van der Waals surface area contributed by atoms with E-state index in [2.05, 4.69) is 24.6 Å². The van der Waals surface area contributed by atoms with Crippen molar-refractivity contribution < 1.29 is 18.7 Å². The lowest BCUT2D eigenvalue weighted by atomic mass is 9.96. The molecule has 2 saturated heterocycles. The fourth-order valence-electron chi connectivity index (χ4n) is 6.81. The summed E-state index contributed by atoms with van der Waals surface area (Å²) in [7, 11) is 2.08. The topological polar surface area (TPSA) is 94.8 Å². The second-order valence-corrected chi connectivity index (χ2v) is 13.5. The molecule has 0 radical (unpaired) electrons. The van der Waals surface area contributed by atoms with Crippen LogP contribution in [-0.4, -0.2) is 83.7 Å². The Labute approximate surface area is 288 Å². The zero-order valence-electron chi connectivity index (χ0n) is 26.6. The summed E-state index contributed by atoms with van der Waals surface area (Å²) in [5.74, 6) is -0.807. The molecule has 9 nitrogen and oxygen atoms in total. The van der Waals surface area contributed by atoms with Gasteiger partial charge in [-0.2, -0.15) is 15.2 Å². The van der Waals surface area contributed by atoms with Crippen molar-refractivity contribution in [2.24, 2.45) is 0 Å². The van der Waals surface area contributed by atoms with Crippen LogP contribution < -0.4 is 14.4 Å². The second-order valence-electron chi connectivity index (χ2n) is 12.7. The Balaban J connectivity index is 1.40. The lowest BCUT2D eigenvalue weighted by Crippen LogP contribution is -2.55. The summed E-state index contributed by atoms with van der Waals surface area (Å²) in [6.07, 6.45) is 3.95. The Morgan fingerprint density at radius 3 is 2.58 bits per heavy atom. The van der Waals surface area contributed by atoms with Crippen molar-refractivity contribution in [1.29, 1.82) is 5.26 Å². The third-order valence-corrected chi connectivity index (χ3v) is 10.1. The first-order valence-corrected chi connectivity index (χ1v) is 17.0. The fraction of sp³-hybridized carbons (Fsp3) is 0.389. The molecule has 2 atom stereocenters. The fourth-order valence-corrected chi connectivity index (χ4v) is 7.39. The highest BCUT2D eigenvalue weighted by Gasteiger charge is 2.35. The Kier molecular flexibility index (Phi) is 9.03. The van der Waals surface area contributed by atoms with E-state index in [1.54, 1.807) is 0 Å². The van der Waals surface area contributed by atoms with Crippen LogP contribution in [0.4, 0.5) is 10.2 Å². The maximum absolute atomic E-state index is 14.0. The smallest absolute Gasteiger partial charge is 0.319 e. The van der Waals surface area contributed by atoms with Gasteiger partial charge < -0.3 is 24.2 Å². The molecule has 3 aliphatic rings. The van der Waals surface area contributed by atoms with Gasteiger partial charge in [0.15, 0.2) is 11.6 Å². The predicted molar refractivity (Wildman–Crippen MR) is 185 cm³/mol. The van der Waals surface area contributed by atoms with E-state index in [1.165, 1.54) is 4.90 Å². The highest BCUT2D eigenvalue weighted by atomic mass is 35.5. The molecule has 4 aromatic rings. The summed E-state index contributed by atoms with van der Waals surface area (Å²) in [5.41, 5.74) is 2.04. The molecular weight excluding hydrogens is 654 g/mol. The van der Waals surface area contributed by atoms with E-state index in [-0.39, 0.29) is 37.7 Å². The van der Waals surface area contributed by atoms with Gasteiger partial charge in [-0.25, -0.2) is 4.39 Å². The van der Waals surface area contributed by atoms with Gasteiger partial charge in [0.1, 0.15) is 17.9 Å². The van der Waals surface area contributed by atoms with Gasteiger partial charge in [0.25, 0.3) is 5.91 Å². The molecule has 0 spiro atoms. The van der Waals surface area contributed by atoms with Crippen LogP contribution in [0.15, 0.2) is 54.9 Å². The Morgan fingerprint density at radius 2 is 1.88 bits per heavy atom. The van der Waals surface area contributed by atoms with Gasteiger partial charge in [0.05, 0.1) is 29.7 Å². The lowest BCUT2D eigenvalue weighted by Gasteiger charge is -2.41. The van der Waals surface area contributed by atoms with Crippen LogP contribution in [-0.2, 0) is 4.79 Å². The van der Waals surface area contributed by atoms with Crippen molar-refractivity contribution in [1.82, 2.24) is 19.8 Å². The number of nitrogens with zero attached hydrogens (tertiary/aromatic N) is 6. The largest absolute Gasteiger partial charge is 0.487 e. The summed E-state index contributed by atoms with van der Waals surface area (Å²) < 4.78 is 27.0. The van der Waals surface area contributed by atoms with E-state index in [0.717, 1.165) is 48.6 Å². The van der Waals surface area contributed by atoms with E-state index >= 15 is 0 Å². The standard InChI is InChI=1S/C36H35Cl2FN6O3/c1-21(39)35(46)45-17-16-44(19-23(45)13-14-40)34-27-18-29(38)31(26-9-3-6-22-7-4-10-28(37)30(22)26)33(48-25-11-12-25)32(27)41-36(42-34)47-20-24-8-5-15-43(24)2/h3-4,6-7,9-10,18,23-25H,1,5,8,11-13,15-17,19-20H2,2H3/t23-,24-/m0/s1. The van der Waals surface area contributed by atoms with Crippen molar-refractivity contribution in [2.45, 2.75) is 50.3 Å². The zero-order valence-corrected chi connectivity index (χ0v) is 28.1. The van der Waals surface area contributed by atoms with Gasteiger partial charge in [-0.3, -0.25) is 4.79 Å². The van der Waals surface area contributed by atoms with Crippen molar-refractivity contribution in [2.75, 3.05) is 44.7 Å². The summed E-state index contributed by atoms with van der Waals surface area (Å²) in [5, 5.41) is 13.1. The molecule has 48 heavy (non-hydrogen) atoms. The monoisotopic (exact) mass is 688 g/mol. The molecule has 0 N–H and O–H groups in total. The number of carbonyl (C=O) groups is 1. The van der Waals surface area contributed by atoms with Crippen LogP contribution in [0.1, 0.15) is 32.1 Å². The molecule has 3 aromatic carbocycles. The van der Waals surface area contributed by atoms with Crippen LogP contribution in [0.5, 0.6) is 11.8 Å². The number of hydrogen-bond acceptors (Lipinski definition) is 8. The molecule has 3 fully saturated rings. The summed E-state index contributed by atoms with van der Waals surface area (Å²) in [6.45, 7) is 5.34. The second kappa shape index (κ2) is 13.4. The third-order valence-electron chi connectivity index (χ3n) is 9.47. The predicted octanol–water partition coefficient (Wildman–Crippen LogP) is 7.19. The first-order valence-electron chi connectivity index (χ1n) is 16.2. The maximum Gasteiger partial charge on any atom is 0.319 e. The minimum absolute atomic E-state index is 0.00848. The Bertz CT molecular complexity index is 1960. The minimum Gasteiger partial charge on any atom is -0.487 e. The molecule has 1 amide bonds. The van der Waals surface area contributed by atoms with Crippen molar-refractivity contribution in [3.8, 4) is 29.0 Å². The highest BCUT2D eigenvalue weighted by molar-refractivity contribution is 6.38. The van der Waals surface area contributed by atoms with Gasteiger partial charge in [-0.1, -0.05) is 60.1 Å². The number of aromatic nitrogens is 2. The van der Waals surface area contributed by atoms with Crippen LogP contribution in [0.25, 0.3) is 32.8 Å². The lowest BCUT2D eigenvalue weighted by molar-refractivity contribution is -0.131. The Hall–Kier alpha value is -4.17.